The smallest absolute Gasteiger partial charge is 0.204 e. The maximum Gasteiger partial charge on any atom is 0.204 e. The number of likely N-dealkylation sites (tertiary alicyclic amines) is 1. The van der Waals surface area contributed by atoms with Gasteiger partial charge in [0.15, 0.2) is 5.96 Å². The molecule has 0 bridgehead atoms. The van der Waals surface area contributed by atoms with E-state index in [-0.39, 0.29) is 5.96 Å². The molecule has 0 spiro atoms. The van der Waals surface area contributed by atoms with Crippen LogP contribution in [0.25, 0.3) is 0 Å². The minimum atomic E-state index is -0.754. The highest BCUT2D eigenvalue weighted by atomic mass is 16.5. The van der Waals surface area contributed by atoms with Gasteiger partial charge in [-0.15, -0.1) is 0 Å². The number of nitrogens with zero attached hydrogens (tertiary/aromatic N) is 1. The Morgan fingerprint density at radius 2 is 2.20 bits per heavy atom. The highest BCUT2D eigenvalue weighted by molar-refractivity contribution is 5.75. The summed E-state index contributed by atoms with van der Waals surface area (Å²) in [5.74, 6) is 1.41. The standard InChI is InChI=1S/C15H21N3O2/c1-3-15(9-4-5-10-18(15)14(16)17)20-13-8-6-7-12(11-13)19-2/h3,6-8,11H,1,4-5,9-10H2,2H3,(H3,16,17). The van der Waals surface area contributed by atoms with Crippen molar-refractivity contribution in [3.05, 3.63) is 36.9 Å². The minimum Gasteiger partial charge on any atom is -0.497 e. The molecule has 3 N–H and O–H groups in total. The second kappa shape index (κ2) is 5.86. The van der Waals surface area contributed by atoms with Gasteiger partial charge in [0, 0.05) is 19.0 Å². The Hall–Kier alpha value is -2.17. The van der Waals surface area contributed by atoms with Crippen LogP contribution in [0, 0.1) is 5.41 Å². The molecule has 2 rings (SSSR count). The van der Waals surface area contributed by atoms with Crippen LogP contribution in [0.1, 0.15) is 19.3 Å². The predicted octanol–water partition coefficient (Wildman–Crippen LogP) is 2.34. The van der Waals surface area contributed by atoms with E-state index in [4.69, 9.17) is 20.6 Å². The lowest BCUT2D eigenvalue weighted by Crippen LogP contribution is -2.58. The van der Waals surface area contributed by atoms with Gasteiger partial charge in [0.1, 0.15) is 11.5 Å². The average molecular weight is 275 g/mol. The van der Waals surface area contributed by atoms with Gasteiger partial charge in [-0.25, -0.2) is 0 Å². The van der Waals surface area contributed by atoms with Crippen molar-refractivity contribution in [1.82, 2.24) is 4.90 Å². The lowest BCUT2D eigenvalue weighted by molar-refractivity contribution is -0.0290. The Bertz CT molecular complexity index is 504. The Labute approximate surface area is 119 Å². The summed E-state index contributed by atoms with van der Waals surface area (Å²) in [4.78, 5) is 1.75. The van der Waals surface area contributed by atoms with Gasteiger partial charge in [0.2, 0.25) is 5.72 Å². The third-order valence-electron chi connectivity index (χ3n) is 3.57. The van der Waals surface area contributed by atoms with Crippen LogP contribution in [-0.2, 0) is 0 Å². The van der Waals surface area contributed by atoms with Crippen LogP contribution in [0.2, 0.25) is 0 Å². The summed E-state index contributed by atoms with van der Waals surface area (Å²) in [7, 11) is 1.62. The van der Waals surface area contributed by atoms with Crippen molar-refractivity contribution in [2.45, 2.75) is 25.0 Å². The summed E-state index contributed by atoms with van der Waals surface area (Å²) >= 11 is 0. The highest BCUT2D eigenvalue weighted by Crippen LogP contribution is 2.33. The molecule has 20 heavy (non-hydrogen) atoms. The second-order valence-electron chi connectivity index (χ2n) is 4.82. The van der Waals surface area contributed by atoms with Gasteiger partial charge in [0.05, 0.1) is 7.11 Å². The van der Waals surface area contributed by atoms with Gasteiger partial charge in [-0.3, -0.25) is 5.41 Å². The van der Waals surface area contributed by atoms with Crippen LogP contribution < -0.4 is 15.2 Å². The molecular formula is C15H21N3O2. The van der Waals surface area contributed by atoms with Gasteiger partial charge in [-0.2, -0.15) is 0 Å². The first-order valence-electron chi connectivity index (χ1n) is 6.69. The number of methoxy groups -OCH3 is 1. The molecule has 5 heteroatoms. The van der Waals surface area contributed by atoms with Crippen LogP contribution in [0.4, 0.5) is 0 Å². The van der Waals surface area contributed by atoms with Crippen molar-refractivity contribution in [3.63, 3.8) is 0 Å². The molecular weight excluding hydrogens is 254 g/mol. The molecule has 1 heterocycles. The Balaban J connectivity index is 2.29. The first kappa shape index (κ1) is 14.2. The van der Waals surface area contributed by atoms with Crippen molar-refractivity contribution >= 4 is 5.96 Å². The molecule has 0 amide bonds. The predicted molar refractivity (Wildman–Crippen MR) is 79.0 cm³/mol. The van der Waals surface area contributed by atoms with Crippen molar-refractivity contribution in [3.8, 4) is 11.5 Å². The van der Waals surface area contributed by atoms with Crippen LogP contribution in [0.5, 0.6) is 11.5 Å². The maximum absolute atomic E-state index is 7.74. The molecule has 1 aromatic rings. The van der Waals surface area contributed by atoms with Gasteiger partial charge in [0.25, 0.3) is 0 Å². The summed E-state index contributed by atoms with van der Waals surface area (Å²) in [6.07, 6.45) is 4.50. The van der Waals surface area contributed by atoms with Crippen LogP contribution in [0.15, 0.2) is 36.9 Å². The molecule has 1 aliphatic rings. The normalized spacial score (nSPS) is 22.1. The first-order valence-corrected chi connectivity index (χ1v) is 6.69. The molecule has 1 aromatic carbocycles. The SMILES string of the molecule is C=CC1(Oc2cccc(OC)c2)CCCCN1C(=N)N. The Morgan fingerprint density at radius 1 is 1.45 bits per heavy atom. The summed E-state index contributed by atoms with van der Waals surface area (Å²) < 4.78 is 11.3. The minimum absolute atomic E-state index is 0.00694. The lowest BCUT2D eigenvalue weighted by Gasteiger charge is -2.45. The van der Waals surface area contributed by atoms with Gasteiger partial charge in [-0.05, 0) is 31.1 Å². The van der Waals surface area contributed by atoms with E-state index in [0.717, 1.165) is 25.0 Å². The van der Waals surface area contributed by atoms with E-state index in [2.05, 4.69) is 6.58 Å². The molecule has 1 saturated heterocycles. The second-order valence-corrected chi connectivity index (χ2v) is 4.82. The molecule has 0 aromatic heterocycles. The number of piperidine rings is 1. The number of ether oxygens (including phenoxy) is 2. The summed E-state index contributed by atoms with van der Waals surface area (Å²) in [5.41, 5.74) is 4.93. The fourth-order valence-corrected chi connectivity index (χ4v) is 2.53. The maximum atomic E-state index is 7.74. The zero-order chi connectivity index (χ0) is 14.6. The Morgan fingerprint density at radius 3 is 2.85 bits per heavy atom. The molecule has 1 unspecified atom stereocenters. The number of nitrogens with two attached hydrogens (primary N) is 1. The van der Waals surface area contributed by atoms with E-state index < -0.39 is 5.72 Å². The van der Waals surface area contributed by atoms with E-state index in [9.17, 15) is 0 Å². The van der Waals surface area contributed by atoms with E-state index in [1.807, 2.05) is 24.3 Å². The molecule has 1 atom stereocenters. The third kappa shape index (κ3) is 2.71. The molecule has 0 saturated carbocycles. The van der Waals surface area contributed by atoms with Gasteiger partial charge < -0.3 is 20.1 Å². The number of hydrogen-bond acceptors (Lipinski definition) is 3. The summed E-state index contributed by atoms with van der Waals surface area (Å²) in [6.45, 7) is 4.58. The van der Waals surface area contributed by atoms with Crippen LogP contribution in [-0.4, -0.2) is 30.2 Å². The van der Waals surface area contributed by atoms with E-state index >= 15 is 0 Å². The van der Waals surface area contributed by atoms with Crippen molar-refractivity contribution in [2.24, 2.45) is 5.73 Å². The number of benzene rings is 1. The van der Waals surface area contributed by atoms with E-state index in [1.165, 1.54) is 0 Å². The monoisotopic (exact) mass is 275 g/mol. The van der Waals surface area contributed by atoms with Crippen molar-refractivity contribution < 1.29 is 9.47 Å². The molecule has 5 nitrogen and oxygen atoms in total. The summed E-state index contributed by atoms with van der Waals surface area (Å²) in [5, 5.41) is 7.74. The highest BCUT2D eigenvalue weighted by Gasteiger charge is 2.39. The Kier molecular flexibility index (Phi) is 4.17. The fraction of sp³-hybridized carbons (Fsp3) is 0.400. The van der Waals surface area contributed by atoms with Crippen molar-refractivity contribution in [1.29, 1.82) is 5.41 Å². The molecule has 1 aliphatic heterocycles. The quantitative estimate of drug-likeness (QED) is 0.502. The number of rotatable bonds is 4. The number of nitrogens with one attached hydrogen (secondary N) is 1. The first-order chi connectivity index (χ1) is 9.61. The number of guanidine groups is 1. The molecule has 1 fully saturated rings. The van der Waals surface area contributed by atoms with Crippen LogP contribution in [0.3, 0.4) is 0 Å². The third-order valence-corrected chi connectivity index (χ3v) is 3.57. The zero-order valence-corrected chi connectivity index (χ0v) is 11.8. The summed E-state index contributed by atoms with van der Waals surface area (Å²) in [6, 6.07) is 7.40. The van der Waals surface area contributed by atoms with E-state index in [1.54, 1.807) is 18.1 Å². The topological polar surface area (TPSA) is 71.6 Å². The average Bonchev–Trinajstić information content (AvgIpc) is 2.47. The zero-order valence-electron chi connectivity index (χ0n) is 11.8. The molecule has 108 valence electrons. The number of hydrogen-bond donors (Lipinski definition) is 2. The van der Waals surface area contributed by atoms with Gasteiger partial charge >= 0.3 is 0 Å². The molecule has 0 aliphatic carbocycles. The largest absolute Gasteiger partial charge is 0.497 e. The van der Waals surface area contributed by atoms with Crippen molar-refractivity contribution in [2.75, 3.05) is 13.7 Å². The van der Waals surface area contributed by atoms with E-state index in [0.29, 0.717) is 12.3 Å². The fourth-order valence-electron chi connectivity index (χ4n) is 2.53. The van der Waals surface area contributed by atoms with Crippen LogP contribution >= 0.6 is 0 Å². The lowest BCUT2D eigenvalue weighted by atomic mass is 9.98. The van der Waals surface area contributed by atoms with Gasteiger partial charge in [-0.1, -0.05) is 12.6 Å². The molecule has 0 radical (unpaired) electrons.